The maximum Gasteiger partial charge on any atom is 0.266 e. The van der Waals surface area contributed by atoms with Gasteiger partial charge in [0, 0.05) is 6.54 Å². The third-order valence-electron chi connectivity index (χ3n) is 4.60. The number of thioether (sulfide) groups is 1. The monoisotopic (exact) mass is 486 g/mol. The molecule has 1 aliphatic heterocycles. The highest BCUT2D eigenvalue weighted by Crippen LogP contribution is 2.39. The second-order valence-corrected chi connectivity index (χ2v) is 8.44. The summed E-state index contributed by atoms with van der Waals surface area (Å²) in [4.78, 5) is 20.1. The number of hydrogen-bond donors (Lipinski definition) is 0. The fraction of sp³-hybridized carbons (Fsp3) is 0.280. The Morgan fingerprint density at radius 2 is 1.94 bits per heavy atom. The predicted molar refractivity (Wildman–Crippen MR) is 136 cm³/mol. The second-order valence-electron chi connectivity index (χ2n) is 7.02. The van der Waals surface area contributed by atoms with Crippen LogP contribution in [0.3, 0.4) is 0 Å². The van der Waals surface area contributed by atoms with E-state index in [-0.39, 0.29) is 5.91 Å². The Kier molecular flexibility index (Phi) is 8.86. The van der Waals surface area contributed by atoms with Crippen molar-refractivity contribution in [2.24, 2.45) is 4.99 Å². The molecule has 0 aliphatic carbocycles. The Balaban J connectivity index is 1.91. The van der Waals surface area contributed by atoms with Gasteiger partial charge in [-0.15, -0.1) is 0 Å². The van der Waals surface area contributed by atoms with Gasteiger partial charge in [-0.1, -0.05) is 31.2 Å². The van der Waals surface area contributed by atoms with Gasteiger partial charge >= 0.3 is 0 Å². The lowest BCUT2D eigenvalue weighted by atomic mass is 10.1. The Bertz CT molecular complexity index is 1070. The molecule has 1 amide bonds. The summed E-state index contributed by atoms with van der Waals surface area (Å²) in [6, 6.07) is 11.0. The van der Waals surface area contributed by atoms with Crippen molar-refractivity contribution in [1.29, 1.82) is 0 Å². The molecule has 0 spiro atoms. The van der Waals surface area contributed by atoms with Crippen molar-refractivity contribution in [3.8, 4) is 17.2 Å². The summed E-state index contributed by atoms with van der Waals surface area (Å²) in [5.41, 5.74) is 1.49. The highest BCUT2D eigenvalue weighted by molar-refractivity contribution is 8.18. The first-order chi connectivity index (χ1) is 16.0. The van der Waals surface area contributed by atoms with Gasteiger partial charge in [-0.05, 0) is 73.1 Å². The Morgan fingerprint density at radius 3 is 2.58 bits per heavy atom. The zero-order valence-corrected chi connectivity index (χ0v) is 20.5. The van der Waals surface area contributed by atoms with Crippen LogP contribution in [-0.2, 0) is 4.79 Å². The van der Waals surface area contributed by atoms with Crippen LogP contribution in [0.5, 0.6) is 17.2 Å². The van der Waals surface area contributed by atoms with Crippen molar-refractivity contribution in [2.45, 2.75) is 20.3 Å². The number of nitrogens with zero attached hydrogens (tertiary/aromatic N) is 2. The Morgan fingerprint density at radius 1 is 1.18 bits per heavy atom. The van der Waals surface area contributed by atoms with E-state index in [9.17, 15) is 4.79 Å². The van der Waals surface area contributed by atoms with Gasteiger partial charge < -0.3 is 14.2 Å². The molecule has 6 nitrogen and oxygen atoms in total. The van der Waals surface area contributed by atoms with Gasteiger partial charge in [0.1, 0.15) is 12.4 Å². The SMILES string of the molecule is C=CCOc1c(Cl)cc(/C=C2/SC(=Nc3ccc(OCC)cc3)N(CCC)C2=O)cc1OC. The van der Waals surface area contributed by atoms with Gasteiger partial charge in [-0.2, -0.15) is 0 Å². The number of benzene rings is 2. The number of ether oxygens (including phenoxy) is 3. The van der Waals surface area contributed by atoms with Crippen LogP contribution in [0.4, 0.5) is 5.69 Å². The largest absolute Gasteiger partial charge is 0.494 e. The van der Waals surface area contributed by atoms with Gasteiger partial charge in [0.25, 0.3) is 5.91 Å². The number of hydrogen-bond acceptors (Lipinski definition) is 6. The first-order valence-corrected chi connectivity index (χ1v) is 11.8. The van der Waals surface area contributed by atoms with Crippen LogP contribution in [-0.4, -0.2) is 42.8 Å². The van der Waals surface area contributed by atoms with E-state index in [0.717, 1.165) is 23.4 Å². The Hall–Kier alpha value is -2.90. The molecule has 1 saturated heterocycles. The molecule has 0 atom stereocenters. The summed E-state index contributed by atoms with van der Waals surface area (Å²) >= 11 is 7.75. The maximum absolute atomic E-state index is 13.1. The lowest BCUT2D eigenvalue weighted by molar-refractivity contribution is -0.122. The van der Waals surface area contributed by atoms with Gasteiger partial charge in [-0.25, -0.2) is 4.99 Å². The zero-order chi connectivity index (χ0) is 23.8. The van der Waals surface area contributed by atoms with E-state index in [1.54, 1.807) is 36.3 Å². The average molecular weight is 487 g/mol. The summed E-state index contributed by atoms with van der Waals surface area (Å²) in [5.74, 6) is 1.62. The van der Waals surface area contributed by atoms with Crippen LogP contribution in [0, 0.1) is 0 Å². The first-order valence-electron chi connectivity index (χ1n) is 10.6. The fourth-order valence-electron chi connectivity index (χ4n) is 3.16. The maximum atomic E-state index is 13.1. The molecule has 0 bridgehead atoms. The number of halogens is 1. The van der Waals surface area contributed by atoms with E-state index in [2.05, 4.69) is 6.58 Å². The molecule has 1 fully saturated rings. The van der Waals surface area contributed by atoms with E-state index in [1.807, 2.05) is 38.1 Å². The molecule has 0 N–H and O–H groups in total. The highest BCUT2D eigenvalue weighted by Gasteiger charge is 2.33. The van der Waals surface area contributed by atoms with E-state index in [4.69, 9.17) is 30.8 Å². The van der Waals surface area contributed by atoms with Gasteiger partial charge in [0.2, 0.25) is 0 Å². The van der Waals surface area contributed by atoms with E-state index < -0.39 is 0 Å². The number of aliphatic imine (C=N–C) groups is 1. The van der Waals surface area contributed by atoms with Crippen molar-refractivity contribution in [3.05, 3.63) is 64.5 Å². The minimum atomic E-state index is -0.0893. The smallest absolute Gasteiger partial charge is 0.266 e. The molecule has 1 aliphatic rings. The lowest BCUT2D eigenvalue weighted by Gasteiger charge is -2.14. The van der Waals surface area contributed by atoms with Crippen LogP contribution in [0.1, 0.15) is 25.8 Å². The number of amidine groups is 1. The van der Waals surface area contributed by atoms with E-state index in [0.29, 0.717) is 46.4 Å². The second kappa shape index (κ2) is 11.8. The standard InChI is InChI=1S/C25H27ClN2O4S/c1-5-12-28-24(29)22(33-25(28)27-18-8-10-19(11-9-18)31-7-3)16-17-14-20(26)23(32-13-6-2)21(15-17)30-4/h6,8-11,14-16H,2,5,7,12-13H2,1,3-4H3/b22-16+,27-25?. The van der Waals surface area contributed by atoms with Gasteiger partial charge in [-0.3, -0.25) is 9.69 Å². The summed E-state index contributed by atoms with van der Waals surface area (Å²) in [6.07, 6.45) is 4.24. The van der Waals surface area contributed by atoms with Crippen molar-refractivity contribution in [2.75, 3.05) is 26.9 Å². The molecule has 174 valence electrons. The van der Waals surface area contributed by atoms with Gasteiger partial charge in [0.15, 0.2) is 16.7 Å². The molecule has 0 radical (unpaired) electrons. The minimum absolute atomic E-state index is 0.0893. The van der Waals surface area contributed by atoms with E-state index >= 15 is 0 Å². The van der Waals surface area contributed by atoms with Crippen molar-refractivity contribution in [1.82, 2.24) is 4.90 Å². The van der Waals surface area contributed by atoms with Crippen LogP contribution in [0.15, 0.2) is 59.0 Å². The molecule has 8 heteroatoms. The molecular weight excluding hydrogens is 460 g/mol. The number of methoxy groups -OCH3 is 1. The summed E-state index contributed by atoms with van der Waals surface area (Å²) in [7, 11) is 1.55. The molecule has 0 unspecified atom stereocenters. The molecule has 0 aromatic heterocycles. The first kappa shape index (κ1) is 24.7. The Labute approximate surface area is 203 Å². The van der Waals surface area contributed by atoms with Crippen LogP contribution >= 0.6 is 23.4 Å². The average Bonchev–Trinajstić information content (AvgIpc) is 3.08. The normalized spacial score (nSPS) is 15.9. The topological polar surface area (TPSA) is 60.4 Å². The fourth-order valence-corrected chi connectivity index (χ4v) is 4.46. The zero-order valence-electron chi connectivity index (χ0n) is 19.0. The summed E-state index contributed by atoms with van der Waals surface area (Å²) in [5, 5.41) is 1.04. The van der Waals surface area contributed by atoms with Crippen LogP contribution in [0.25, 0.3) is 6.08 Å². The molecule has 33 heavy (non-hydrogen) atoms. The number of carbonyl (C=O) groups is 1. The van der Waals surface area contributed by atoms with Crippen molar-refractivity contribution in [3.63, 3.8) is 0 Å². The molecule has 2 aromatic rings. The summed E-state index contributed by atoms with van der Waals surface area (Å²) < 4.78 is 16.5. The lowest BCUT2D eigenvalue weighted by Crippen LogP contribution is -2.29. The van der Waals surface area contributed by atoms with Crippen molar-refractivity contribution >= 4 is 46.2 Å². The van der Waals surface area contributed by atoms with E-state index in [1.165, 1.54) is 11.8 Å². The molecule has 0 saturated carbocycles. The third kappa shape index (κ3) is 6.12. The number of amides is 1. The van der Waals surface area contributed by atoms with Crippen LogP contribution in [0.2, 0.25) is 5.02 Å². The van der Waals surface area contributed by atoms with Crippen molar-refractivity contribution < 1.29 is 19.0 Å². The summed E-state index contributed by atoms with van der Waals surface area (Å²) in [6.45, 7) is 9.11. The predicted octanol–water partition coefficient (Wildman–Crippen LogP) is 6.33. The highest BCUT2D eigenvalue weighted by atomic mass is 35.5. The quantitative estimate of drug-likeness (QED) is 0.290. The van der Waals surface area contributed by atoms with Crippen LogP contribution < -0.4 is 14.2 Å². The molecular formula is C25H27ClN2O4S. The van der Waals surface area contributed by atoms with Gasteiger partial charge in [0.05, 0.1) is 29.3 Å². The minimum Gasteiger partial charge on any atom is -0.494 e. The molecule has 1 heterocycles. The molecule has 2 aromatic carbocycles. The number of carbonyl (C=O) groups excluding carboxylic acids is 1. The molecule has 3 rings (SSSR count). The third-order valence-corrected chi connectivity index (χ3v) is 5.89. The number of rotatable bonds is 10.